The lowest BCUT2D eigenvalue weighted by atomic mass is 10.0. The van der Waals surface area contributed by atoms with Crippen molar-refractivity contribution in [3.05, 3.63) is 41.5 Å². The number of aliphatic carboxylic acids is 1. The summed E-state index contributed by atoms with van der Waals surface area (Å²) in [6.07, 6.45) is 1.65. The van der Waals surface area contributed by atoms with E-state index in [1.54, 1.807) is 11.3 Å². The number of carboxylic acids is 1. The number of anilines is 1. The van der Waals surface area contributed by atoms with Crippen LogP contribution in [0.4, 0.5) is 5.82 Å². The van der Waals surface area contributed by atoms with Gasteiger partial charge in [0.2, 0.25) is 5.91 Å². The normalized spacial score (nSPS) is 11.9. The first-order chi connectivity index (χ1) is 13.0. The molecule has 0 radical (unpaired) electrons. The van der Waals surface area contributed by atoms with Crippen molar-refractivity contribution in [1.82, 2.24) is 15.3 Å². The van der Waals surface area contributed by atoms with Gasteiger partial charge in [0.15, 0.2) is 0 Å². The first kappa shape index (κ1) is 18.8. The lowest BCUT2D eigenvalue weighted by Crippen LogP contribution is -2.38. The van der Waals surface area contributed by atoms with Gasteiger partial charge in [0.05, 0.1) is 5.39 Å². The Balaban J connectivity index is 1.79. The predicted octanol–water partition coefficient (Wildman–Crippen LogP) is 3.06. The van der Waals surface area contributed by atoms with E-state index in [0.29, 0.717) is 12.4 Å². The molecule has 0 bridgehead atoms. The lowest BCUT2D eigenvalue weighted by Gasteiger charge is -2.11. The molecule has 0 saturated carbocycles. The number of carbonyl (C=O) groups excluding carboxylic acids is 1. The summed E-state index contributed by atoms with van der Waals surface area (Å²) >= 11 is 1.60. The highest BCUT2D eigenvalue weighted by Gasteiger charge is 2.17. The number of hydrogen-bond acceptors (Lipinski definition) is 6. The molecule has 2 heterocycles. The molecule has 7 nitrogen and oxygen atoms in total. The standard InChI is InChI=1S/C19H20N4O3S/c1-11(19(25)26)23-14(24)8-9-20-17-16-15(13-6-4-3-5-7-13)12(2)27-18(16)22-10-21-17/h3-7,10-11H,8-9H2,1-2H3,(H,23,24)(H,25,26)(H,20,21,22). The number of hydrogen-bond donors (Lipinski definition) is 3. The van der Waals surface area contributed by atoms with Crippen LogP contribution in [0.15, 0.2) is 36.7 Å². The van der Waals surface area contributed by atoms with Crippen LogP contribution in [0.1, 0.15) is 18.2 Å². The highest BCUT2D eigenvalue weighted by atomic mass is 32.1. The van der Waals surface area contributed by atoms with E-state index in [0.717, 1.165) is 26.2 Å². The second kappa shape index (κ2) is 8.13. The van der Waals surface area contributed by atoms with E-state index in [-0.39, 0.29) is 12.3 Å². The Kier molecular flexibility index (Phi) is 5.66. The average Bonchev–Trinajstić information content (AvgIpc) is 2.99. The van der Waals surface area contributed by atoms with Crippen LogP contribution in [0, 0.1) is 6.92 Å². The van der Waals surface area contributed by atoms with Crippen molar-refractivity contribution in [2.45, 2.75) is 26.3 Å². The van der Waals surface area contributed by atoms with Gasteiger partial charge in [0, 0.05) is 23.4 Å². The van der Waals surface area contributed by atoms with Crippen molar-refractivity contribution in [1.29, 1.82) is 0 Å². The molecule has 3 N–H and O–H groups in total. The summed E-state index contributed by atoms with van der Waals surface area (Å²) in [5.41, 5.74) is 2.18. The minimum atomic E-state index is -1.06. The summed E-state index contributed by atoms with van der Waals surface area (Å²) in [7, 11) is 0. The van der Waals surface area contributed by atoms with Gasteiger partial charge in [-0.15, -0.1) is 11.3 Å². The van der Waals surface area contributed by atoms with Gasteiger partial charge in [-0.25, -0.2) is 9.97 Å². The third-order valence-corrected chi connectivity index (χ3v) is 5.13. The molecule has 140 valence electrons. The van der Waals surface area contributed by atoms with E-state index in [1.165, 1.54) is 13.3 Å². The van der Waals surface area contributed by atoms with Gasteiger partial charge >= 0.3 is 5.97 Å². The molecule has 3 aromatic rings. The number of carbonyl (C=O) groups is 2. The third-order valence-electron chi connectivity index (χ3n) is 4.12. The first-order valence-corrected chi connectivity index (χ1v) is 9.34. The Labute approximate surface area is 160 Å². The Morgan fingerprint density at radius 1 is 1.22 bits per heavy atom. The van der Waals surface area contributed by atoms with Gasteiger partial charge in [-0.3, -0.25) is 9.59 Å². The monoisotopic (exact) mass is 384 g/mol. The van der Waals surface area contributed by atoms with E-state index >= 15 is 0 Å². The average molecular weight is 384 g/mol. The first-order valence-electron chi connectivity index (χ1n) is 8.53. The van der Waals surface area contributed by atoms with Crippen molar-refractivity contribution in [3.8, 4) is 11.1 Å². The molecule has 0 fully saturated rings. The third kappa shape index (κ3) is 4.22. The largest absolute Gasteiger partial charge is 0.480 e. The van der Waals surface area contributed by atoms with Crippen LogP contribution in [-0.2, 0) is 9.59 Å². The summed E-state index contributed by atoms with van der Waals surface area (Å²) in [4.78, 5) is 33.4. The zero-order chi connectivity index (χ0) is 19.4. The molecule has 1 atom stereocenters. The highest BCUT2D eigenvalue weighted by molar-refractivity contribution is 7.19. The van der Waals surface area contributed by atoms with Crippen molar-refractivity contribution >= 4 is 39.2 Å². The SMILES string of the molecule is Cc1sc2ncnc(NCCC(=O)NC(C)C(=O)O)c2c1-c1ccccc1. The number of nitrogens with one attached hydrogen (secondary N) is 2. The molecule has 0 aliphatic heterocycles. The van der Waals surface area contributed by atoms with Crippen LogP contribution in [0.25, 0.3) is 21.3 Å². The Morgan fingerprint density at radius 2 is 1.96 bits per heavy atom. The molecule has 8 heteroatoms. The predicted molar refractivity (Wildman–Crippen MR) is 106 cm³/mol. The smallest absolute Gasteiger partial charge is 0.325 e. The number of rotatable bonds is 7. The minimum Gasteiger partial charge on any atom is -0.480 e. The van der Waals surface area contributed by atoms with Crippen LogP contribution >= 0.6 is 11.3 Å². The molecule has 0 aliphatic rings. The van der Waals surface area contributed by atoms with E-state index < -0.39 is 12.0 Å². The maximum Gasteiger partial charge on any atom is 0.325 e. The van der Waals surface area contributed by atoms with Gasteiger partial charge in [-0.1, -0.05) is 30.3 Å². The zero-order valence-corrected chi connectivity index (χ0v) is 15.8. The van der Waals surface area contributed by atoms with Gasteiger partial charge in [-0.05, 0) is 19.4 Å². The fourth-order valence-electron chi connectivity index (χ4n) is 2.80. The fourth-order valence-corrected chi connectivity index (χ4v) is 3.81. The molecule has 1 aromatic carbocycles. The van der Waals surface area contributed by atoms with Crippen molar-refractivity contribution in [3.63, 3.8) is 0 Å². The topological polar surface area (TPSA) is 104 Å². The van der Waals surface area contributed by atoms with Crippen LogP contribution in [0.2, 0.25) is 0 Å². The number of benzene rings is 1. The van der Waals surface area contributed by atoms with Crippen LogP contribution in [-0.4, -0.2) is 39.5 Å². The molecule has 1 unspecified atom stereocenters. The van der Waals surface area contributed by atoms with E-state index in [1.807, 2.05) is 30.3 Å². The zero-order valence-electron chi connectivity index (χ0n) is 15.0. The van der Waals surface area contributed by atoms with Crippen LogP contribution in [0.5, 0.6) is 0 Å². The summed E-state index contributed by atoms with van der Waals surface area (Å²) in [6, 6.07) is 9.14. The molecule has 2 aromatic heterocycles. The number of aryl methyl sites for hydroxylation is 1. The second-order valence-electron chi connectivity index (χ2n) is 6.11. The molecule has 0 aliphatic carbocycles. The summed E-state index contributed by atoms with van der Waals surface area (Å²) < 4.78 is 0. The van der Waals surface area contributed by atoms with Crippen molar-refractivity contribution in [2.24, 2.45) is 0 Å². The lowest BCUT2D eigenvalue weighted by molar-refractivity contribution is -0.141. The van der Waals surface area contributed by atoms with Crippen molar-refractivity contribution in [2.75, 3.05) is 11.9 Å². The number of amides is 1. The fraction of sp³-hybridized carbons (Fsp3) is 0.263. The van der Waals surface area contributed by atoms with Crippen LogP contribution in [0.3, 0.4) is 0 Å². The number of thiophene rings is 1. The summed E-state index contributed by atoms with van der Waals surface area (Å²) in [5.74, 6) is -0.718. The molecule has 27 heavy (non-hydrogen) atoms. The van der Waals surface area contributed by atoms with Gasteiger partial charge < -0.3 is 15.7 Å². The second-order valence-corrected chi connectivity index (χ2v) is 7.31. The Bertz CT molecular complexity index is 972. The van der Waals surface area contributed by atoms with Gasteiger partial charge in [0.25, 0.3) is 0 Å². The highest BCUT2D eigenvalue weighted by Crippen LogP contribution is 2.40. The maximum absolute atomic E-state index is 11.9. The summed E-state index contributed by atoms with van der Waals surface area (Å²) in [6.45, 7) is 3.83. The molecule has 1 amide bonds. The molecule has 3 rings (SSSR count). The van der Waals surface area contributed by atoms with Crippen molar-refractivity contribution < 1.29 is 14.7 Å². The van der Waals surface area contributed by atoms with E-state index in [9.17, 15) is 9.59 Å². The minimum absolute atomic E-state index is 0.146. The van der Waals surface area contributed by atoms with Gasteiger partial charge in [0.1, 0.15) is 23.0 Å². The Hall–Kier alpha value is -3.00. The van der Waals surface area contributed by atoms with E-state index in [4.69, 9.17) is 5.11 Å². The molecular formula is C19H20N4O3S. The maximum atomic E-state index is 11.9. The number of nitrogens with zero attached hydrogens (tertiary/aromatic N) is 2. The Morgan fingerprint density at radius 3 is 2.67 bits per heavy atom. The van der Waals surface area contributed by atoms with Gasteiger partial charge in [-0.2, -0.15) is 0 Å². The molecule has 0 saturated heterocycles. The number of carboxylic acid groups (broad SMARTS) is 1. The van der Waals surface area contributed by atoms with Crippen LogP contribution < -0.4 is 10.6 Å². The number of fused-ring (bicyclic) bond motifs is 1. The summed E-state index contributed by atoms with van der Waals surface area (Å²) in [5, 5.41) is 15.4. The number of aromatic nitrogens is 2. The van der Waals surface area contributed by atoms with E-state index in [2.05, 4.69) is 27.5 Å². The quantitative estimate of drug-likeness (QED) is 0.578. The molecular weight excluding hydrogens is 364 g/mol. The molecule has 0 spiro atoms.